The second-order valence-electron chi connectivity index (χ2n) is 3.28. The molecule has 0 aliphatic carbocycles. The fourth-order valence-electron chi connectivity index (χ4n) is 1.60. The molecule has 3 nitrogen and oxygen atoms in total. The Balaban J connectivity index is 2.42. The summed E-state index contributed by atoms with van der Waals surface area (Å²) in [5, 5.41) is 9.18. The smallest absolute Gasteiger partial charge is 0.331 e. The highest BCUT2D eigenvalue weighted by molar-refractivity contribution is 5.76. The van der Waals surface area contributed by atoms with Gasteiger partial charge in [0.15, 0.2) is 6.04 Å². The zero-order chi connectivity index (χ0) is 10.7. The van der Waals surface area contributed by atoms with E-state index in [-0.39, 0.29) is 0 Å². The third-order valence-electron chi connectivity index (χ3n) is 2.27. The van der Waals surface area contributed by atoms with E-state index in [0.29, 0.717) is 0 Å². The van der Waals surface area contributed by atoms with Crippen LogP contribution in [0.25, 0.3) is 0 Å². The minimum atomic E-state index is -0.850. The summed E-state index contributed by atoms with van der Waals surface area (Å²) in [7, 11) is 0. The lowest BCUT2D eigenvalue weighted by Crippen LogP contribution is -2.18. The average molecular weight is 201 g/mol. The average Bonchev–Trinajstić information content (AvgIpc) is 2.72. The van der Waals surface area contributed by atoms with Gasteiger partial charge in [0, 0.05) is 12.4 Å². The van der Waals surface area contributed by atoms with Crippen molar-refractivity contribution in [2.24, 2.45) is 0 Å². The lowest BCUT2D eigenvalue weighted by molar-refractivity contribution is -0.139. The Bertz CT molecular complexity index is 434. The molecule has 3 heteroatoms. The van der Waals surface area contributed by atoms with Crippen LogP contribution in [-0.4, -0.2) is 15.6 Å². The van der Waals surface area contributed by atoms with Gasteiger partial charge in [-0.3, -0.25) is 0 Å². The molecule has 2 aromatic rings. The molecule has 2 rings (SSSR count). The molecule has 0 bridgehead atoms. The van der Waals surface area contributed by atoms with Gasteiger partial charge in [-0.15, -0.1) is 0 Å². The zero-order valence-electron chi connectivity index (χ0n) is 8.08. The Morgan fingerprint density at radius 2 is 1.67 bits per heavy atom. The number of hydrogen-bond acceptors (Lipinski definition) is 1. The standard InChI is InChI=1S/C12H11NO2/c14-12(15)11(13-8-4-5-9-13)10-6-2-1-3-7-10/h1-9,11H,(H,14,15)/t11-/m0/s1. The van der Waals surface area contributed by atoms with Gasteiger partial charge in [0.2, 0.25) is 0 Å². The van der Waals surface area contributed by atoms with Gasteiger partial charge in [0.05, 0.1) is 0 Å². The van der Waals surface area contributed by atoms with Gasteiger partial charge in [-0.1, -0.05) is 30.3 Å². The topological polar surface area (TPSA) is 42.2 Å². The molecular formula is C12H11NO2. The minimum absolute atomic E-state index is 0.638. The Morgan fingerprint density at radius 1 is 1.07 bits per heavy atom. The maximum atomic E-state index is 11.2. The molecule has 0 radical (unpaired) electrons. The predicted molar refractivity (Wildman–Crippen MR) is 56.6 cm³/mol. The molecule has 1 heterocycles. The van der Waals surface area contributed by atoms with Crippen molar-refractivity contribution in [3.8, 4) is 0 Å². The zero-order valence-corrected chi connectivity index (χ0v) is 8.08. The van der Waals surface area contributed by atoms with E-state index in [0.717, 1.165) is 5.56 Å². The summed E-state index contributed by atoms with van der Waals surface area (Å²) in [6, 6.07) is 12.2. The number of benzene rings is 1. The van der Waals surface area contributed by atoms with Gasteiger partial charge in [-0.05, 0) is 17.7 Å². The molecule has 0 aliphatic heterocycles. The summed E-state index contributed by atoms with van der Waals surface area (Å²) >= 11 is 0. The third-order valence-corrected chi connectivity index (χ3v) is 2.27. The molecule has 15 heavy (non-hydrogen) atoms. The summed E-state index contributed by atoms with van der Waals surface area (Å²) in [6.07, 6.45) is 3.51. The van der Waals surface area contributed by atoms with Crippen LogP contribution < -0.4 is 0 Å². The number of aromatic nitrogens is 1. The summed E-state index contributed by atoms with van der Waals surface area (Å²) in [6.45, 7) is 0. The van der Waals surface area contributed by atoms with Gasteiger partial charge in [-0.2, -0.15) is 0 Å². The first-order valence-electron chi connectivity index (χ1n) is 4.69. The second kappa shape index (κ2) is 4.00. The predicted octanol–water partition coefficient (Wildman–Crippen LogP) is 2.16. The van der Waals surface area contributed by atoms with E-state index in [4.69, 9.17) is 0 Å². The Kier molecular flexibility index (Phi) is 2.54. The van der Waals surface area contributed by atoms with Crippen molar-refractivity contribution >= 4 is 5.97 Å². The molecule has 0 fully saturated rings. The Morgan fingerprint density at radius 3 is 2.20 bits per heavy atom. The van der Waals surface area contributed by atoms with Crippen LogP contribution >= 0.6 is 0 Å². The quantitative estimate of drug-likeness (QED) is 0.826. The van der Waals surface area contributed by atoms with Crippen LogP contribution in [0, 0.1) is 0 Å². The lowest BCUT2D eigenvalue weighted by atomic mass is 10.1. The van der Waals surface area contributed by atoms with E-state index in [9.17, 15) is 9.90 Å². The van der Waals surface area contributed by atoms with Gasteiger partial charge in [-0.25, -0.2) is 4.79 Å². The molecular weight excluding hydrogens is 190 g/mol. The van der Waals surface area contributed by atoms with E-state index >= 15 is 0 Å². The summed E-state index contributed by atoms with van der Waals surface area (Å²) in [4.78, 5) is 11.2. The van der Waals surface area contributed by atoms with Gasteiger partial charge >= 0.3 is 5.97 Å². The van der Waals surface area contributed by atoms with Gasteiger partial charge < -0.3 is 9.67 Å². The number of carbonyl (C=O) groups is 1. The van der Waals surface area contributed by atoms with E-state index in [1.807, 2.05) is 42.5 Å². The molecule has 0 amide bonds. The molecule has 0 spiro atoms. The van der Waals surface area contributed by atoms with Gasteiger partial charge in [0.1, 0.15) is 0 Å². The number of carboxylic acids is 1. The summed E-state index contributed by atoms with van der Waals surface area (Å²) in [5.41, 5.74) is 0.779. The lowest BCUT2D eigenvalue weighted by Gasteiger charge is -2.14. The second-order valence-corrected chi connectivity index (χ2v) is 3.28. The van der Waals surface area contributed by atoms with Crippen molar-refractivity contribution in [3.63, 3.8) is 0 Å². The van der Waals surface area contributed by atoms with Crippen molar-refractivity contribution in [3.05, 3.63) is 60.4 Å². The first-order chi connectivity index (χ1) is 7.29. The van der Waals surface area contributed by atoms with E-state index < -0.39 is 12.0 Å². The number of rotatable bonds is 3. The molecule has 1 aromatic heterocycles. The summed E-state index contributed by atoms with van der Waals surface area (Å²) < 4.78 is 1.68. The minimum Gasteiger partial charge on any atom is -0.479 e. The van der Waals surface area contributed by atoms with Crippen molar-refractivity contribution < 1.29 is 9.90 Å². The van der Waals surface area contributed by atoms with Crippen LogP contribution in [-0.2, 0) is 4.79 Å². The molecule has 0 unspecified atom stereocenters. The van der Waals surface area contributed by atoms with E-state index in [1.165, 1.54) is 0 Å². The third kappa shape index (κ3) is 1.91. The first-order valence-corrected chi connectivity index (χ1v) is 4.69. The van der Waals surface area contributed by atoms with E-state index in [2.05, 4.69) is 0 Å². The molecule has 0 saturated heterocycles. The van der Waals surface area contributed by atoms with Crippen LogP contribution in [0.4, 0.5) is 0 Å². The Labute approximate surface area is 87.6 Å². The molecule has 1 aromatic carbocycles. The molecule has 1 N–H and O–H groups in total. The maximum absolute atomic E-state index is 11.2. The van der Waals surface area contributed by atoms with Crippen molar-refractivity contribution in [1.82, 2.24) is 4.57 Å². The number of aliphatic carboxylic acids is 1. The molecule has 0 saturated carbocycles. The number of hydrogen-bond donors (Lipinski definition) is 1. The monoisotopic (exact) mass is 201 g/mol. The van der Waals surface area contributed by atoms with Crippen molar-refractivity contribution in [2.45, 2.75) is 6.04 Å². The first kappa shape index (κ1) is 9.52. The number of carboxylic acid groups (broad SMARTS) is 1. The highest BCUT2D eigenvalue weighted by Gasteiger charge is 2.19. The fourth-order valence-corrected chi connectivity index (χ4v) is 1.60. The number of nitrogens with zero attached hydrogens (tertiary/aromatic N) is 1. The maximum Gasteiger partial charge on any atom is 0.331 e. The highest BCUT2D eigenvalue weighted by Crippen LogP contribution is 2.18. The Hall–Kier alpha value is -2.03. The van der Waals surface area contributed by atoms with Crippen LogP contribution in [0.2, 0.25) is 0 Å². The van der Waals surface area contributed by atoms with Crippen molar-refractivity contribution in [2.75, 3.05) is 0 Å². The van der Waals surface area contributed by atoms with Crippen LogP contribution in [0.15, 0.2) is 54.9 Å². The normalized spacial score (nSPS) is 12.3. The molecule has 76 valence electrons. The van der Waals surface area contributed by atoms with Crippen LogP contribution in [0.5, 0.6) is 0 Å². The molecule has 0 aliphatic rings. The van der Waals surface area contributed by atoms with E-state index in [1.54, 1.807) is 17.0 Å². The largest absolute Gasteiger partial charge is 0.479 e. The van der Waals surface area contributed by atoms with Gasteiger partial charge in [0.25, 0.3) is 0 Å². The molecule has 1 atom stereocenters. The highest BCUT2D eigenvalue weighted by atomic mass is 16.4. The van der Waals surface area contributed by atoms with Crippen molar-refractivity contribution in [1.29, 1.82) is 0 Å². The SMILES string of the molecule is O=C(O)[C@H](c1ccccc1)n1cccc1. The summed E-state index contributed by atoms with van der Waals surface area (Å²) in [5.74, 6) is -0.850. The fraction of sp³-hybridized carbons (Fsp3) is 0.0833. The van der Waals surface area contributed by atoms with Crippen LogP contribution in [0.1, 0.15) is 11.6 Å². The van der Waals surface area contributed by atoms with Crippen LogP contribution in [0.3, 0.4) is 0 Å².